The van der Waals surface area contributed by atoms with Crippen LogP contribution in [0.25, 0.3) is 10.2 Å². The number of anilines is 2. The summed E-state index contributed by atoms with van der Waals surface area (Å²) in [7, 11) is 0. The summed E-state index contributed by atoms with van der Waals surface area (Å²) in [6.07, 6.45) is 1.63. The van der Waals surface area contributed by atoms with Crippen LogP contribution in [0.1, 0.15) is 13.8 Å². The number of benzene rings is 1. The molecule has 3 rings (SSSR count). The molecule has 0 radical (unpaired) electrons. The minimum absolute atomic E-state index is 0.131. The van der Waals surface area contributed by atoms with E-state index in [2.05, 4.69) is 22.2 Å². The van der Waals surface area contributed by atoms with Crippen LogP contribution < -0.4 is 16.2 Å². The lowest BCUT2D eigenvalue weighted by Crippen LogP contribution is -2.26. The van der Waals surface area contributed by atoms with Gasteiger partial charge in [-0.25, -0.2) is 4.98 Å². The van der Waals surface area contributed by atoms with Gasteiger partial charge in [-0.05, 0) is 42.6 Å². The van der Waals surface area contributed by atoms with Crippen LogP contribution in [0.3, 0.4) is 0 Å². The Labute approximate surface area is 175 Å². The fourth-order valence-electron chi connectivity index (χ4n) is 2.60. The van der Waals surface area contributed by atoms with Crippen molar-refractivity contribution in [2.45, 2.75) is 30.8 Å². The van der Waals surface area contributed by atoms with Gasteiger partial charge in [-0.1, -0.05) is 17.8 Å². The predicted molar refractivity (Wildman–Crippen MR) is 119 cm³/mol. The van der Waals surface area contributed by atoms with Crippen molar-refractivity contribution in [2.24, 2.45) is 0 Å². The second-order valence-electron chi connectivity index (χ2n) is 6.24. The first-order valence-electron chi connectivity index (χ1n) is 8.83. The number of aromatic nitrogens is 2. The average molecular weight is 429 g/mol. The van der Waals surface area contributed by atoms with Gasteiger partial charge in [-0.3, -0.25) is 19.0 Å². The third-order valence-electron chi connectivity index (χ3n) is 3.97. The van der Waals surface area contributed by atoms with Gasteiger partial charge >= 0.3 is 0 Å². The third kappa shape index (κ3) is 4.93. The number of thiophene rings is 1. The molecule has 1 unspecified atom stereocenters. The number of hydrogen-bond donors (Lipinski definition) is 2. The van der Waals surface area contributed by atoms with Gasteiger partial charge < -0.3 is 10.6 Å². The number of allylic oxidation sites excluding steroid dienone is 1. The summed E-state index contributed by atoms with van der Waals surface area (Å²) in [6.45, 7) is 7.21. The van der Waals surface area contributed by atoms with Gasteiger partial charge in [0.05, 0.1) is 10.8 Å². The first-order valence-corrected chi connectivity index (χ1v) is 10.6. The summed E-state index contributed by atoms with van der Waals surface area (Å²) >= 11 is 2.57. The van der Waals surface area contributed by atoms with Crippen molar-refractivity contribution in [3.8, 4) is 0 Å². The Balaban J connectivity index is 1.75. The Kier molecular flexibility index (Phi) is 6.50. The second kappa shape index (κ2) is 9.06. The van der Waals surface area contributed by atoms with Crippen molar-refractivity contribution in [1.82, 2.24) is 9.55 Å². The molecule has 1 atom stereocenters. The third-order valence-corrected chi connectivity index (χ3v) is 5.95. The molecule has 150 valence electrons. The second-order valence-corrected chi connectivity index (χ2v) is 8.47. The maximum atomic E-state index is 12.7. The van der Waals surface area contributed by atoms with Crippen LogP contribution in [0, 0.1) is 0 Å². The molecule has 0 aliphatic carbocycles. The van der Waals surface area contributed by atoms with Gasteiger partial charge in [0.1, 0.15) is 4.70 Å². The summed E-state index contributed by atoms with van der Waals surface area (Å²) < 4.78 is 2.12. The standard InChI is InChI=1S/C20H20N4O3S2/c1-4-10-24-19(27)17-16(9-11-28-17)23-20(24)29-12(2)18(26)22-15-7-5-14(6-8-15)21-13(3)25/h4-9,11-12H,1,10H2,2-3H3,(H,21,25)(H,22,26). The molecule has 0 bridgehead atoms. The molecule has 0 aliphatic rings. The van der Waals surface area contributed by atoms with E-state index in [-0.39, 0.29) is 17.4 Å². The van der Waals surface area contributed by atoms with Crippen LogP contribution in [-0.2, 0) is 16.1 Å². The largest absolute Gasteiger partial charge is 0.326 e. The first-order chi connectivity index (χ1) is 13.9. The van der Waals surface area contributed by atoms with Gasteiger partial charge in [0, 0.05) is 24.8 Å². The van der Waals surface area contributed by atoms with Crippen LogP contribution in [0.2, 0.25) is 0 Å². The molecule has 9 heteroatoms. The van der Waals surface area contributed by atoms with Crippen molar-refractivity contribution in [1.29, 1.82) is 0 Å². The molecule has 0 spiro atoms. The van der Waals surface area contributed by atoms with E-state index in [1.54, 1.807) is 43.3 Å². The number of hydrogen-bond acceptors (Lipinski definition) is 6. The van der Waals surface area contributed by atoms with Crippen LogP contribution in [0.5, 0.6) is 0 Å². The molecule has 0 aliphatic heterocycles. The molecular weight excluding hydrogens is 408 g/mol. The zero-order chi connectivity index (χ0) is 21.0. The average Bonchev–Trinajstić information content (AvgIpc) is 3.14. The normalized spacial score (nSPS) is 11.8. The monoisotopic (exact) mass is 428 g/mol. The van der Waals surface area contributed by atoms with Crippen molar-refractivity contribution < 1.29 is 9.59 Å². The molecular formula is C20H20N4O3S2. The Bertz CT molecular complexity index is 1120. The van der Waals surface area contributed by atoms with E-state index in [0.717, 1.165) is 0 Å². The molecule has 2 heterocycles. The number of fused-ring (bicyclic) bond motifs is 1. The summed E-state index contributed by atoms with van der Waals surface area (Å²) in [6, 6.07) is 8.64. The highest BCUT2D eigenvalue weighted by atomic mass is 32.2. The fraction of sp³-hybridized carbons (Fsp3) is 0.200. The number of nitrogens with zero attached hydrogens (tertiary/aromatic N) is 2. The number of nitrogens with one attached hydrogen (secondary N) is 2. The number of rotatable bonds is 7. The molecule has 1 aromatic carbocycles. The molecule has 0 saturated carbocycles. The molecule has 2 aromatic heterocycles. The van der Waals surface area contributed by atoms with E-state index in [4.69, 9.17) is 0 Å². The SMILES string of the molecule is C=CCn1c(SC(C)C(=O)Nc2ccc(NC(C)=O)cc2)nc2ccsc2c1=O. The van der Waals surface area contributed by atoms with Gasteiger partial charge in [-0.2, -0.15) is 0 Å². The highest BCUT2D eigenvalue weighted by Crippen LogP contribution is 2.25. The van der Waals surface area contributed by atoms with Gasteiger partial charge in [-0.15, -0.1) is 17.9 Å². The molecule has 29 heavy (non-hydrogen) atoms. The smallest absolute Gasteiger partial charge is 0.272 e. The molecule has 2 amide bonds. The lowest BCUT2D eigenvalue weighted by molar-refractivity contribution is -0.115. The van der Waals surface area contributed by atoms with Gasteiger partial charge in [0.25, 0.3) is 5.56 Å². The summed E-state index contributed by atoms with van der Waals surface area (Å²) in [4.78, 5) is 40.9. The Morgan fingerprint density at radius 1 is 1.24 bits per heavy atom. The lowest BCUT2D eigenvalue weighted by atomic mass is 10.2. The number of thioether (sulfide) groups is 1. The first kappa shape index (κ1) is 20.8. The van der Waals surface area contributed by atoms with Gasteiger partial charge in [0.15, 0.2) is 5.16 Å². The highest BCUT2D eigenvalue weighted by Gasteiger charge is 2.19. The maximum absolute atomic E-state index is 12.7. The Morgan fingerprint density at radius 3 is 2.52 bits per heavy atom. The van der Waals surface area contributed by atoms with Crippen molar-refractivity contribution >= 4 is 56.5 Å². The quantitative estimate of drug-likeness (QED) is 0.340. The zero-order valence-electron chi connectivity index (χ0n) is 16.0. The number of carbonyl (C=O) groups is 2. The fourth-order valence-corrected chi connectivity index (χ4v) is 4.30. The van der Waals surface area contributed by atoms with E-state index in [9.17, 15) is 14.4 Å². The molecule has 0 saturated heterocycles. The van der Waals surface area contributed by atoms with Crippen LogP contribution in [0.4, 0.5) is 11.4 Å². The van der Waals surface area contributed by atoms with E-state index in [1.807, 2.05) is 5.38 Å². The van der Waals surface area contributed by atoms with Crippen LogP contribution in [-0.4, -0.2) is 26.6 Å². The molecule has 0 fully saturated rings. The predicted octanol–water partition coefficient (Wildman–Crippen LogP) is 3.72. The zero-order valence-corrected chi connectivity index (χ0v) is 17.6. The molecule has 7 nitrogen and oxygen atoms in total. The maximum Gasteiger partial charge on any atom is 0.272 e. The van der Waals surface area contributed by atoms with Crippen molar-refractivity contribution in [2.75, 3.05) is 10.6 Å². The van der Waals surface area contributed by atoms with E-state index < -0.39 is 5.25 Å². The molecule has 2 N–H and O–H groups in total. The van der Waals surface area contributed by atoms with Gasteiger partial charge in [0.2, 0.25) is 11.8 Å². The van der Waals surface area contributed by atoms with Crippen molar-refractivity contribution in [3.05, 3.63) is 58.7 Å². The topological polar surface area (TPSA) is 93.1 Å². The van der Waals surface area contributed by atoms with Crippen LogP contribution in [0.15, 0.2) is 58.3 Å². The minimum atomic E-state index is -0.482. The van der Waals surface area contributed by atoms with Crippen molar-refractivity contribution in [3.63, 3.8) is 0 Å². The number of carbonyl (C=O) groups excluding carboxylic acids is 2. The summed E-state index contributed by atoms with van der Waals surface area (Å²) in [5.74, 6) is -0.375. The molecule has 3 aromatic rings. The highest BCUT2D eigenvalue weighted by molar-refractivity contribution is 8.00. The van der Waals surface area contributed by atoms with Crippen LogP contribution >= 0.6 is 23.1 Å². The van der Waals surface area contributed by atoms with E-state index in [0.29, 0.717) is 33.3 Å². The number of amides is 2. The minimum Gasteiger partial charge on any atom is -0.326 e. The van der Waals surface area contributed by atoms with E-state index >= 15 is 0 Å². The Morgan fingerprint density at radius 2 is 1.90 bits per heavy atom. The van der Waals surface area contributed by atoms with E-state index in [1.165, 1.54) is 34.6 Å². The lowest BCUT2D eigenvalue weighted by Gasteiger charge is -2.15. The Hall–Kier alpha value is -2.91. The summed E-state index contributed by atoms with van der Waals surface area (Å²) in [5.41, 5.74) is 1.76. The summed E-state index contributed by atoms with van der Waals surface area (Å²) in [5, 5.41) is 7.33.